The summed E-state index contributed by atoms with van der Waals surface area (Å²) in [6, 6.07) is 6.50. The molecular weight excluding hydrogens is 257 g/mol. The summed E-state index contributed by atoms with van der Waals surface area (Å²) >= 11 is 0. The summed E-state index contributed by atoms with van der Waals surface area (Å²) in [5.41, 5.74) is 1.60. The van der Waals surface area contributed by atoms with Gasteiger partial charge < -0.3 is 9.88 Å². The van der Waals surface area contributed by atoms with Crippen molar-refractivity contribution in [2.45, 2.75) is 25.9 Å². The molecule has 1 aliphatic heterocycles. The maximum atomic E-state index is 13.5. The Morgan fingerprint density at radius 2 is 2.30 bits per heavy atom. The van der Waals surface area contributed by atoms with Crippen molar-refractivity contribution in [3.05, 3.63) is 53.9 Å². The van der Waals surface area contributed by atoms with Crippen LogP contribution in [0.25, 0.3) is 0 Å². The van der Waals surface area contributed by atoms with Gasteiger partial charge in [-0.3, -0.25) is 4.79 Å². The van der Waals surface area contributed by atoms with Crippen molar-refractivity contribution in [2.75, 3.05) is 0 Å². The number of hydrogen-bond acceptors (Lipinski definition) is 2. The standard InChI is InChI=1S/C15H16FN3O/c16-14-4-2-1-3-12(14)8-18-15(20)11-5-6-19-10-17-9-13(19)7-11/h1-4,9-11H,5-8H2,(H,18,20). The Morgan fingerprint density at radius 3 is 3.15 bits per heavy atom. The number of halogens is 1. The van der Waals surface area contributed by atoms with Crippen molar-refractivity contribution in [1.29, 1.82) is 0 Å². The van der Waals surface area contributed by atoms with Crippen LogP contribution in [0.4, 0.5) is 4.39 Å². The van der Waals surface area contributed by atoms with Crippen LogP contribution in [0.3, 0.4) is 0 Å². The highest BCUT2D eigenvalue weighted by molar-refractivity contribution is 5.79. The molecule has 5 heteroatoms. The Morgan fingerprint density at radius 1 is 1.45 bits per heavy atom. The van der Waals surface area contributed by atoms with E-state index in [0.29, 0.717) is 12.0 Å². The largest absolute Gasteiger partial charge is 0.352 e. The zero-order valence-electron chi connectivity index (χ0n) is 11.1. The van der Waals surface area contributed by atoms with Crippen molar-refractivity contribution in [3.63, 3.8) is 0 Å². The van der Waals surface area contributed by atoms with Gasteiger partial charge in [0.25, 0.3) is 0 Å². The van der Waals surface area contributed by atoms with E-state index in [0.717, 1.165) is 18.7 Å². The maximum Gasteiger partial charge on any atom is 0.223 e. The summed E-state index contributed by atoms with van der Waals surface area (Å²) in [7, 11) is 0. The molecule has 4 nitrogen and oxygen atoms in total. The molecule has 3 rings (SSSR count). The number of carbonyl (C=O) groups excluding carboxylic acids is 1. The number of hydrogen-bond donors (Lipinski definition) is 1. The van der Waals surface area contributed by atoms with Crippen molar-refractivity contribution in [2.24, 2.45) is 5.92 Å². The van der Waals surface area contributed by atoms with Gasteiger partial charge in [-0.2, -0.15) is 0 Å². The van der Waals surface area contributed by atoms with E-state index in [1.807, 2.05) is 0 Å². The predicted octanol–water partition coefficient (Wildman–Crippen LogP) is 1.90. The fraction of sp³-hybridized carbons (Fsp3) is 0.333. The van der Waals surface area contributed by atoms with Gasteiger partial charge in [-0.15, -0.1) is 0 Å². The first kappa shape index (κ1) is 12.8. The summed E-state index contributed by atoms with van der Waals surface area (Å²) in [5.74, 6) is -0.346. The third-order valence-electron chi connectivity index (χ3n) is 3.75. The lowest BCUT2D eigenvalue weighted by Crippen LogP contribution is -2.34. The highest BCUT2D eigenvalue weighted by Gasteiger charge is 2.24. The molecule has 2 heterocycles. The molecular formula is C15H16FN3O. The number of aryl methyl sites for hydroxylation is 1. The molecule has 20 heavy (non-hydrogen) atoms. The smallest absolute Gasteiger partial charge is 0.223 e. The molecule has 0 saturated carbocycles. The van der Waals surface area contributed by atoms with Crippen LogP contribution in [-0.2, 0) is 24.3 Å². The second-order valence-electron chi connectivity index (χ2n) is 5.08. The van der Waals surface area contributed by atoms with Crippen LogP contribution in [0.5, 0.6) is 0 Å². The predicted molar refractivity (Wildman–Crippen MR) is 72.3 cm³/mol. The second-order valence-corrected chi connectivity index (χ2v) is 5.08. The lowest BCUT2D eigenvalue weighted by molar-refractivity contribution is -0.125. The Bertz CT molecular complexity index is 623. The van der Waals surface area contributed by atoms with E-state index in [4.69, 9.17) is 0 Å². The molecule has 0 aliphatic carbocycles. The van der Waals surface area contributed by atoms with Gasteiger partial charge in [-0.05, 0) is 12.5 Å². The van der Waals surface area contributed by atoms with E-state index in [2.05, 4.69) is 14.9 Å². The number of amides is 1. The van der Waals surface area contributed by atoms with Gasteiger partial charge in [0, 0.05) is 42.9 Å². The third kappa shape index (κ3) is 2.57. The molecule has 1 aromatic heterocycles. The fourth-order valence-corrected chi connectivity index (χ4v) is 2.56. The third-order valence-corrected chi connectivity index (χ3v) is 3.75. The molecule has 0 saturated heterocycles. The van der Waals surface area contributed by atoms with Gasteiger partial charge >= 0.3 is 0 Å². The van der Waals surface area contributed by atoms with Gasteiger partial charge in [0.15, 0.2) is 0 Å². The Kier molecular flexibility index (Phi) is 3.50. The van der Waals surface area contributed by atoms with E-state index in [9.17, 15) is 9.18 Å². The molecule has 1 aromatic carbocycles. The normalized spacial score (nSPS) is 17.6. The first-order valence-corrected chi connectivity index (χ1v) is 6.74. The van der Waals surface area contributed by atoms with Crippen LogP contribution in [-0.4, -0.2) is 15.5 Å². The van der Waals surface area contributed by atoms with Crippen LogP contribution in [0, 0.1) is 11.7 Å². The maximum absolute atomic E-state index is 13.5. The lowest BCUT2D eigenvalue weighted by Gasteiger charge is -2.23. The Balaban J connectivity index is 1.59. The van der Waals surface area contributed by atoms with E-state index in [1.54, 1.807) is 30.7 Å². The first-order valence-electron chi connectivity index (χ1n) is 6.74. The number of aromatic nitrogens is 2. The molecule has 1 amide bonds. The van der Waals surface area contributed by atoms with E-state index in [1.165, 1.54) is 6.07 Å². The van der Waals surface area contributed by atoms with E-state index >= 15 is 0 Å². The molecule has 1 unspecified atom stereocenters. The number of fused-ring (bicyclic) bond motifs is 1. The zero-order chi connectivity index (χ0) is 13.9. The molecule has 0 radical (unpaired) electrons. The van der Waals surface area contributed by atoms with E-state index < -0.39 is 0 Å². The van der Waals surface area contributed by atoms with Crippen LogP contribution in [0.2, 0.25) is 0 Å². The fourth-order valence-electron chi connectivity index (χ4n) is 2.56. The van der Waals surface area contributed by atoms with Gasteiger partial charge in [0.1, 0.15) is 5.82 Å². The Hall–Kier alpha value is -2.17. The van der Waals surface area contributed by atoms with Crippen LogP contribution < -0.4 is 5.32 Å². The van der Waals surface area contributed by atoms with Crippen molar-refractivity contribution >= 4 is 5.91 Å². The summed E-state index contributed by atoms with van der Waals surface area (Å²) in [6.45, 7) is 1.05. The summed E-state index contributed by atoms with van der Waals surface area (Å²) < 4.78 is 15.5. The van der Waals surface area contributed by atoms with Crippen LogP contribution >= 0.6 is 0 Å². The van der Waals surface area contributed by atoms with Gasteiger partial charge in [0.2, 0.25) is 5.91 Å². The monoisotopic (exact) mass is 273 g/mol. The quantitative estimate of drug-likeness (QED) is 0.928. The number of carbonyl (C=O) groups is 1. The van der Waals surface area contributed by atoms with Crippen molar-refractivity contribution in [3.8, 4) is 0 Å². The molecule has 2 aromatic rings. The van der Waals surface area contributed by atoms with Gasteiger partial charge in [-0.1, -0.05) is 18.2 Å². The highest BCUT2D eigenvalue weighted by atomic mass is 19.1. The van der Waals surface area contributed by atoms with Crippen LogP contribution in [0.15, 0.2) is 36.8 Å². The molecule has 104 valence electrons. The number of nitrogens with zero attached hydrogens (tertiary/aromatic N) is 2. The SMILES string of the molecule is O=C(NCc1ccccc1F)C1CCn2cncc2C1. The minimum Gasteiger partial charge on any atom is -0.352 e. The highest BCUT2D eigenvalue weighted by Crippen LogP contribution is 2.20. The molecule has 1 atom stereocenters. The van der Waals surface area contributed by atoms with Crippen molar-refractivity contribution < 1.29 is 9.18 Å². The first-order chi connectivity index (χ1) is 9.74. The molecule has 1 aliphatic rings. The zero-order valence-corrected chi connectivity index (χ0v) is 11.1. The van der Waals surface area contributed by atoms with Crippen LogP contribution in [0.1, 0.15) is 17.7 Å². The Labute approximate surface area is 116 Å². The molecule has 0 fully saturated rings. The number of rotatable bonds is 3. The molecule has 0 spiro atoms. The number of imidazole rings is 1. The summed E-state index contributed by atoms with van der Waals surface area (Å²) in [4.78, 5) is 16.2. The minimum atomic E-state index is -0.283. The average molecular weight is 273 g/mol. The summed E-state index contributed by atoms with van der Waals surface area (Å²) in [6.07, 6.45) is 5.09. The topological polar surface area (TPSA) is 46.9 Å². The van der Waals surface area contributed by atoms with Gasteiger partial charge in [-0.25, -0.2) is 9.37 Å². The second kappa shape index (κ2) is 5.45. The lowest BCUT2D eigenvalue weighted by atomic mass is 9.95. The summed E-state index contributed by atoms with van der Waals surface area (Å²) in [5, 5.41) is 2.82. The van der Waals surface area contributed by atoms with E-state index in [-0.39, 0.29) is 24.2 Å². The average Bonchev–Trinajstić information content (AvgIpc) is 2.93. The number of benzene rings is 1. The minimum absolute atomic E-state index is 0.0132. The molecule has 1 N–H and O–H groups in total. The van der Waals surface area contributed by atoms with Gasteiger partial charge in [0.05, 0.1) is 6.33 Å². The number of nitrogens with one attached hydrogen (secondary N) is 1. The molecule has 0 bridgehead atoms. The van der Waals surface area contributed by atoms with Crippen molar-refractivity contribution in [1.82, 2.24) is 14.9 Å².